The van der Waals surface area contributed by atoms with Gasteiger partial charge >= 0.3 is 0 Å². The summed E-state index contributed by atoms with van der Waals surface area (Å²) in [6.07, 6.45) is 2.16. The highest BCUT2D eigenvalue weighted by atomic mass is 15.1. The highest BCUT2D eigenvalue weighted by Gasteiger charge is 2.15. The van der Waals surface area contributed by atoms with Gasteiger partial charge in [-0.15, -0.1) is 0 Å². The molecule has 0 fully saturated rings. The Hall–Kier alpha value is -1.02. The van der Waals surface area contributed by atoms with Crippen molar-refractivity contribution in [3.05, 3.63) is 29.3 Å². The van der Waals surface area contributed by atoms with Crippen LogP contribution in [-0.4, -0.2) is 19.6 Å². The van der Waals surface area contributed by atoms with Gasteiger partial charge in [0.05, 0.1) is 0 Å². The Morgan fingerprint density at radius 2 is 2.29 bits per heavy atom. The van der Waals surface area contributed by atoms with Crippen molar-refractivity contribution in [2.75, 3.05) is 18.5 Å². The summed E-state index contributed by atoms with van der Waals surface area (Å²) in [6, 6.07) is 6.99. The van der Waals surface area contributed by atoms with Gasteiger partial charge in [-0.25, -0.2) is 0 Å². The van der Waals surface area contributed by atoms with Crippen LogP contribution >= 0.6 is 0 Å². The number of benzene rings is 1. The van der Waals surface area contributed by atoms with Gasteiger partial charge < -0.3 is 10.6 Å². The summed E-state index contributed by atoms with van der Waals surface area (Å²) in [6.45, 7) is 3.20. The van der Waals surface area contributed by atoms with E-state index in [4.69, 9.17) is 5.73 Å². The summed E-state index contributed by atoms with van der Waals surface area (Å²) < 4.78 is 0. The molecule has 1 aliphatic heterocycles. The Bertz CT molecular complexity index is 331. The predicted molar refractivity (Wildman–Crippen MR) is 60.8 cm³/mol. The number of rotatable bonds is 2. The highest BCUT2D eigenvalue weighted by Crippen LogP contribution is 2.27. The maximum absolute atomic E-state index is 5.79. The largest absolute Gasteiger partial charge is 0.374 e. The number of nitrogens with two attached hydrogens (primary N) is 1. The zero-order chi connectivity index (χ0) is 10.1. The van der Waals surface area contributed by atoms with Crippen LogP contribution in [0.1, 0.15) is 18.1 Å². The fourth-order valence-electron chi connectivity index (χ4n) is 2.12. The number of hydrogen-bond donors (Lipinski definition) is 1. The second-order valence-corrected chi connectivity index (χ2v) is 4.32. The molecule has 2 nitrogen and oxygen atoms in total. The van der Waals surface area contributed by atoms with Crippen molar-refractivity contribution < 1.29 is 0 Å². The van der Waals surface area contributed by atoms with Gasteiger partial charge in [-0.2, -0.15) is 0 Å². The molecule has 0 saturated heterocycles. The predicted octanol–water partition coefficient (Wildman–Crippen LogP) is 1.57. The fourth-order valence-corrected chi connectivity index (χ4v) is 2.12. The lowest BCUT2D eigenvalue weighted by Gasteiger charge is -2.12. The van der Waals surface area contributed by atoms with Crippen LogP contribution in [0.25, 0.3) is 0 Å². The van der Waals surface area contributed by atoms with Gasteiger partial charge in [0.1, 0.15) is 0 Å². The fraction of sp³-hybridized carbons (Fsp3) is 0.500. The Morgan fingerprint density at radius 3 is 3.00 bits per heavy atom. The molecule has 76 valence electrons. The van der Waals surface area contributed by atoms with Crippen molar-refractivity contribution >= 4 is 5.69 Å². The van der Waals surface area contributed by atoms with Crippen molar-refractivity contribution in [1.82, 2.24) is 0 Å². The van der Waals surface area contributed by atoms with Crippen molar-refractivity contribution in [3.63, 3.8) is 0 Å². The lowest BCUT2D eigenvalue weighted by molar-refractivity contribution is 0.737. The molecule has 0 bridgehead atoms. The summed E-state index contributed by atoms with van der Waals surface area (Å²) in [5.74, 6) is 0. The van der Waals surface area contributed by atoms with Crippen molar-refractivity contribution in [1.29, 1.82) is 0 Å². The first kappa shape index (κ1) is 9.53. The Morgan fingerprint density at radius 1 is 1.50 bits per heavy atom. The average molecular weight is 190 g/mol. The number of fused-ring (bicyclic) bond motifs is 1. The standard InChI is InChI=1S/C12H18N2/c1-9(13)7-10-3-4-12-11(8-10)5-6-14(12)2/h3-4,8-9H,5-7,13H2,1-2H3/t9-/m1/s1. The highest BCUT2D eigenvalue weighted by molar-refractivity contribution is 5.58. The van der Waals surface area contributed by atoms with Crippen molar-refractivity contribution in [2.45, 2.75) is 25.8 Å². The molecule has 0 aromatic heterocycles. The van der Waals surface area contributed by atoms with Crippen LogP contribution < -0.4 is 10.6 Å². The molecule has 1 aromatic carbocycles. The van der Waals surface area contributed by atoms with Crippen LogP contribution in [0, 0.1) is 0 Å². The Kier molecular flexibility index (Phi) is 2.46. The SMILES string of the molecule is C[C@@H](N)Cc1ccc2c(c1)CCN2C. The molecule has 0 aliphatic carbocycles. The minimum Gasteiger partial charge on any atom is -0.374 e. The molecule has 0 saturated carbocycles. The van der Waals surface area contributed by atoms with E-state index in [0.717, 1.165) is 13.0 Å². The molecule has 0 radical (unpaired) electrons. The molecular weight excluding hydrogens is 172 g/mol. The maximum Gasteiger partial charge on any atom is 0.0397 e. The molecule has 0 unspecified atom stereocenters. The van der Waals surface area contributed by atoms with Crippen LogP contribution in [0.4, 0.5) is 5.69 Å². The molecule has 2 N–H and O–H groups in total. The zero-order valence-electron chi connectivity index (χ0n) is 8.96. The van der Waals surface area contributed by atoms with Crippen molar-refractivity contribution in [2.24, 2.45) is 5.73 Å². The lowest BCUT2D eigenvalue weighted by atomic mass is 10.0. The van der Waals surface area contributed by atoms with Crippen LogP contribution in [0.15, 0.2) is 18.2 Å². The van der Waals surface area contributed by atoms with Gasteiger partial charge in [0.25, 0.3) is 0 Å². The minimum atomic E-state index is 0.257. The summed E-state index contributed by atoms with van der Waals surface area (Å²) in [5, 5.41) is 0. The zero-order valence-corrected chi connectivity index (χ0v) is 8.96. The molecule has 1 aliphatic rings. The van der Waals surface area contributed by atoms with Crippen LogP contribution in [0.2, 0.25) is 0 Å². The third-order valence-electron chi connectivity index (χ3n) is 2.83. The third kappa shape index (κ3) is 1.75. The number of nitrogens with zero attached hydrogens (tertiary/aromatic N) is 1. The van der Waals surface area contributed by atoms with E-state index in [1.807, 2.05) is 0 Å². The molecule has 1 atom stereocenters. The monoisotopic (exact) mass is 190 g/mol. The van der Waals surface area contributed by atoms with E-state index < -0.39 is 0 Å². The van der Waals surface area contributed by atoms with E-state index in [1.54, 1.807) is 0 Å². The van der Waals surface area contributed by atoms with E-state index in [0.29, 0.717) is 0 Å². The van der Waals surface area contributed by atoms with Gasteiger partial charge in [0.2, 0.25) is 0 Å². The summed E-state index contributed by atoms with van der Waals surface area (Å²) in [5.41, 5.74) is 10.0. The van der Waals surface area contributed by atoms with E-state index in [2.05, 4.69) is 37.1 Å². The minimum absolute atomic E-state index is 0.257. The van der Waals surface area contributed by atoms with Gasteiger partial charge in [0, 0.05) is 25.3 Å². The van der Waals surface area contributed by atoms with Crippen molar-refractivity contribution in [3.8, 4) is 0 Å². The molecule has 1 heterocycles. The molecule has 2 rings (SSSR count). The van der Waals surface area contributed by atoms with E-state index in [-0.39, 0.29) is 6.04 Å². The second kappa shape index (κ2) is 3.62. The normalized spacial score (nSPS) is 16.9. The molecular formula is C12H18N2. The average Bonchev–Trinajstić information content (AvgIpc) is 2.46. The Labute approximate surface area is 85.7 Å². The van der Waals surface area contributed by atoms with Crippen LogP contribution in [0.5, 0.6) is 0 Å². The van der Waals surface area contributed by atoms with Gasteiger partial charge in [-0.3, -0.25) is 0 Å². The molecule has 14 heavy (non-hydrogen) atoms. The summed E-state index contributed by atoms with van der Waals surface area (Å²) >= 11 is 0. The van der Waals surface area contributed by atoms with Gasteiger partial charge in [-0.05, 0) is 37.0 Å². The summed E-state index contributed by atoms with van der Waals surface area (Å²) in [7, 11) is 2.15. The first-order chi connectivity index (χ1) is 6.66. The van der Waals surface area contributed by atoms with Gasteiger partial charge in [-0.1, -0.05) is 12.1 Å². The first-order valence-corrected chi connectivity index (χ1v) is 5.25. The Balaban J connectivity index is 2.24. The van der Waals surface area contributed by atoms with Crippen LogP contribution in [-0.2, 0) is 12.8 Å². The quantitative estimate of drug-likeness (QED) is 0.767. The van der Waals surface area contributed by atoms with E-state index in [1.165, 1.54) is 23.2 Å². The summed E-state index contributed by atoms with van der Waals surface area (Å²) in [4.78, 5) is 2.31. The van der Waals surface area contributed by atoms with E-state index >= 15 is 0 Å². The molecule has 1 aromatic rings. The smallest absolute Gasteiger partial charge is 0.0397 e. The second-order valence-electron chi connectivity index (χ2n) is 4.32. The molecule has 0 spiro atoms. The topological polar surface area (TPSA) is 29.3 Å². The number of likely N-dealkylation sites (N-methyl/N-ethyl adjacent to an activating group) is 1. The maximum atomic E-state index is 5.79. The van der Waals surface area contributed by atoms with Gasteiger partial charge in [0.15, 0.2) is 0 Å². The van der Waals surface area contributed by atoms with Crippen LogP contribution in [0.3, 0.4) is 0 Å². The van der Waals surface area contributed by atoms with E-state index in [9.17, 15) is 0 Å². The lowest BCUT2D eigenvalue weighted by Crippen LogP contribution is -2.17. The molecule has 2 heteroatoms. The third-order valence-corrected chi connectivity index (χ3v) is 2.83. The first-order valence-electron chi connectivity index (χ1n) is 5.25. The molecule has 0 amide bonds. The number of hydrogen-bond acceptors (Lipinski definition) is 2. The number of anilines is 1.